The molecule has 43 heavy (non-hydrogen) atoms. The predicted molar refractivity (Wildman–Crippen MR) is 167 cm³/mol. The molecule has 2 aliphatic rings. The number of fused-ring (bicyclic) bond motifs is 1. The maximum absolute atomic E-state index is 14.0. The molecule has 1 N–H and O–H groups in total. The lowest BCUT2D eigenvalue weighted by molar-refractivity contribution is -0.141. The summed E-state index contributed by atoms with van der Waals surface area (Å²) in [5, 5.41) is 4.10. The molecule has 3 aromatic carbocycles. The summed E-state index contributed by atoms with van der Waals surface area (Å²) in [7, 11) is 0. The highest BCUT2D eigenvalue weighted by Crippen LogP contribution is 2.26. The molecule has 7 nitrogen and oxygen atoms in total. The second kappa shape index (κ2) is 14.2. The Hall–Kier alpha value is -3.68. The van der Waals surface area contributed by atoms with Gasteiger partial charge in [-0.3, -0.25) is 24.1 Å². The third-order valence-corrected chi connectivity index (χ3v) is 8.82. The minimum absolute atomic E-state index is 0.0423. The van der Waals surface area contributed by atoms with Crippen molar-refractivity contribution in [2.75, 3.05) is 6.54 Å². The molecule has 0 saturated heterocycles. The van der Waals surface area contributed by atoms with Crippen LogP contribution in [0.25, 0.3) is 0 Å². The van der Waals surface area contributed by atoms with E-state index in [1.54, 1.807) is 47.4 Å². The molecule has 1 aliphatic heterocycles. The number of nitrogens with zero attached hydrogens (tertiary/aromatic N) is 2. The summed E-state index contributed by atoms with van der Waals surface area (Å²) < 4.78 is 0. The number of nitrogens with one attached hydrogen (secondary N) is 1. The van der Waals surface area contributed by atoms with Gasteiger partial charge in [-0.05, 0) is 54.7 Å². The van der Waals surface area contributed by atoms with Gasteiger partial charge in [-0.25, -0.2) is 0 Å². The van der Waals surface area contributed by atoms with E-state index >= 15 is 0 Å². The SMILES string of the molecule is O=C(NC1CCCCC1)C(Cc1ccccc1)N(Cc1ccc(Cl)cc1Cl)C(=O)CCCN1C(=O)c2ccccc2C1=O. The van der Waals surface area contributed by atoms with Crippen molar-refractivity contribution < 1.29 is 19.2 Å². The van der Waals surface area contributed by atoms with Crippen molar-refractivity contribution in [3.8, 4) is 0 Å². The molecule has 1 heterocycles. The van der Waals surface area contributed by atoms with Crippen LogP contribution in [0, 0.1) is 0 Å². The van der Waals surface area contributed by atoms with E-state index in [0.717, 1.165) is 37.7 Å². The molecule has 1 unspecified atom stereocenters. The van der Waals surface area contributed by atoms with Crippen molar-refractivity contribution in [1.82, 2.24) is 15.1 Å². The first kappa shape index (κ1) is 30.8. The van der Waals surface area contributed by atoms with Gasteiger partial charge in [0.1, 0.15) is 6.04 Å². The Morgan fingerprint density at radius 3 is 2.19 bits per heavy atom. The quantitative estimate of drug-likeness (QED) is 0.250. The lowest BCUT2D eigenvalue weighted by Gasteiger charge is -2.34. The average Bonchev–Trinajstić information content (AvgIpc) is 3.25. The maximum atomic E-state index is 14.0. The van der Waals surface area contributed by atoms with Gasteiger partial charge in [0.25, 0.3) is 11.8 Å². The molecule has 5 rings (SSSR count). The standard InChI is InChI=1S/C34H35Cl2N3O4/c35-25-18-17-24(29(36)21-25)22-39(31(40)16-9-19-38-33(42)27-14-7-8-15-28(27)34(38)43)30(20-23-10-3-1-4-11-23)32(41)37-26-12-5-2-6-13-26/h1,3-4,7-8,10-11,14-15,17-18,21,26,30H,2,5-6,9,12-13,16,19-20,22H2,(H,37,41). The van der Waals surface area contributed by atoms with Crippen LogP contribution in [0.2, 0.25) is 10.0 Å². The van der Waals surface area contributed by atoms with Crippen molar-refractivity contribution in [3.05, 3.63) is 105 Å². The normalized spacial score (nSPS) is 15.7. The van der Waals surface area contributed by atoms with Gasteiger partial charge in [0, 0.05) is 42.0 Å². The Bertz CT molecular complexity index is 1450. The molecule has 0 spiro atoms. The monoisotopic (exact) mass is 619 g/mol. The van der Waals surface area contributed by atoms with Crippen LogP contribution < -0.4 is 5.32 Å². The molecule has 224 valence electrons. The fraction of sp³-hybridized carbons (Fsp3) is 0.353. The van der Waals surface area contributed by atoms with Crippen LogP contribution in [0.15, 0.2) is 72.8 Å². The highest BCUT2D eigenvalue weighted by Gasteiger charge is 2.36. The second-order valence-corrected chi connectivity index (χ2v) is 12.1. The first-order chi connectivity index (χ1) is 20.8. The van der Waals surface area contributed by atoms with Gasteiger partial charge in [-0.1, -0.05) is 91.0 Å². The third-order valence-electron chi connectivity index (χ3n) is 8.23. The highest BCUT2D eigenvalue weighted by atomic mass is 35.5. The first-order valence-electron chi connectivity index (χ1n) is 14.8. The van der Waals surface area contributed by atoms with E-state index in [9.17, 15) is 19.2 Å². The molecule has 1 atom stereocenters. The van der Waals surface area contributed by atoms with Gasteiger partial charge in [-0.15, -0.1) is 0 Å². The number of carbonyl (C=O) groups is 4. The van der Waals surface area contributed by atoms with E-state index in [4.69, 9.17) is 23.2 Å². The van der Waals surface area contributed by atoms with Crippen LogP contribution in [-0.4, -0.2) is 52.1 Å². The summed E-state index contributed by atoms with van der Waals surface area (Å²) in [5.41, 5.74) is 2.35. The number of carbonyl (C=O) groups excluding carboxylic acids is 4. The van der Waals surface area contributed by atoms with Crippen LogP contribution in [0.3, 0.4) is 0 Å². The summed E-state index contributed by atoms with van der Waals surface area (Å²) in [6.45, 7) is 0.211. The van der Waals surface area contributed by atoms with Crippen molar-refractivity contribution in [2.24, 2.45) is 0 Å². The molecular formula is C34H35Cl2N3O4. The number of hydrogen-bond acceptors (Lipinski definition) is 4. The van der Waals surface area contributed by atoms with Crippen LogP contribution in [0.5, 0.6) is 0 Å². The van der Waals surface area contributed by atoms with Crippen LogP contribution in [0.4, 0.5) is 0 Å². The lowest BCUT2D eigenvalue weighted by Crippen LogP contribution is -2.53. The number of benzene rings is 3. The zero-order valence-electron chi connectivity index (χ0n) is 23.9. The van der Waals surface area contributed by atoms with E-state index in [1.807, 2.05) is 30.3 Å². The zero-order chi connectivity index (χ0) is 30.3. The number of amides is 4. The molecule has 1 fully saturated rings. The third kappa shape index (κ3) is 7.46. The molecule has 1 saturated carbocycles. The summed E-state index contributed by atoms with van der Waals surface area (Å²) in [4.78, 5) is 56.4. The van der Waals surface area contributed by atoms with Crippen molar-refractivity contribution in [1.29, 1.82) is 0 Å². The first-order valence-corrected chi connectivity index (χ1v) is 15.6. The molecule has 0 bridgehead atoms. The van der Waals surface area contributed by atoms with Gasteiger partial charge in [0.05, 0.1) is 11.1 Å². The summed E-state index contributed by atoms with van der Waals surface area (Å²) in [6.07, 6.45) is 5.76. The van der Waals surface area contributed by atoms with E-state index in [-0.39, 0.29) is 55.6 Å². The maximum Gasteiger partial charge on any atom is 0.261 e. The van der Waals surface area contributed by atoms with E-state index in [1.165, 1.54) is 4.90 Å². The molecule has 1 aliphatic carbocycles. The summed E-state index contributed by atoms with van der Waals surface area (Å²) in [6, 6.07) is 20.7. The number of rotatable bonds is 11. The van der Waals surface area contributed by atoms with Crippen LogP contribution >= 0.6 is 23.2 Å². The molecule has 0 aromatic heterocycles. The van der Waals surface area contributed by atoms with E-state index in [2.05, 4.69) is 5.32 Å². The lowest BCUT2D eigenvalue weighted by atomic mass is 9.94. The van der Waals surface area contributed by atoms with Gasteiger partial charge < -0.3 is 10.2 Å². The second-order valence-electron chi connectivity index (χ2n) is 11.2. The van der Waals surface area contributed by atoms with Crippen LogP contribution in [-0.2, 0) is 22.6 Å². The van der Waals surface area contributed by atoms with Gasteiger partial charge in [0.2, 0.25) is 11.8 Å². The number of halogens is 2. The minimum atomic E-state index is -0.789. The van der Waals surface area contributed by atoms with Gasteiger partial charge in [-0.2, -0.15) is 0 Å². The molecule has 0 radical (unpaired) electrons. The largest absolute Gasteiger partial charge is 0.352 e. The molecule has 4 amide bonds. The Morgan fingerprint density at radius 2 is 1.53 bits per heavy atom. The van der Waals surface area contributed by atoms with Gasteiger partial charge in [0.15, 0.2) is 0 Å². The zero-order valence-corrected chi connectivity index (χ0v) is 25.4. The number of imide groups is 1. The Balaban J connectivity index is 1.37. The number of hydrogen-bond donors (Lipinski definition) is 1. The smallest absolute Gasteiger partial charge is 0.261 e. The topological polar surface area (TPSA) is 86.8 Å². The van der Waals surface area contributed by atoms with Crippen molar-refractivity contribution >= 4 is 46.8 Å². The fourth-order valence-electron chi connectivity index (χ4n) is 5.91. The molecule has 3 aromatic rings. The Kier molecular flexibility index (Phi) is 10.2. The highest BCUT2D eigenvalue weighted by molar-refractivity contribution is 6.35. The van der Waals surface area contributed by atoms with Crippen molar-refractivity contribution in [2.45, 2.75) is 70.0 Å². The van der Waals surface area contributed by atoms with Gasteiger partial charge >= 0.3 is 0 Å². The Morgan fingerprint density at radius 1 is 0.884 bits per heavy atom. The summed E-state index contributed by atoms with van der Waals surface area (Å²) in [5.74, 6) is -1.17. The predicted octanol–water partition coefficient (Wildman–Crippen LogP) is 6.46. The van der Waals surface area contributed by atoms with Crippen molar-refractivity contribution in [3.63, 3.8) is 0 Å². The summed E-state index contributed by atoms with van der Waals surface area (Å²) >= 11 is 12.7. The Labute approximate surface area is 262 Å². The van der Waals surface area contributed by atoms with Crippen LogP contribution in [0.1, 0.15) is 76.8 Å². The molecule has 9 heteroatoms. The fourth-order valence-corrected chi connectivity index (χ4v) is 6.37. The molecular weight excluding hydrogens is 585 g/mol. The van der Waals surface area contributed by atoms with E-state index < -0.39 is 6.04 Å². The minimum Gasteiger partial charge on any atom is -0.352 e. The van der Waals surface area contributed by atoms with E-state index in [0.29, 0.717) is 33.2 Å². The average molecular weight is 621 g/mol.